The third kappa shape index (κ3) is 1.76. The summed E-state index contributed by atoms with van der Waals surface area (Å²) in [7, 11) is 0. The van der Waals surface area contributed by atoms with Crippen molar-refractivity contribution in [1.29, 1.82) is 0 Å². The maximum absolute atomic E-state index is 12.3. The Hall–Kier alpha value is -1.60. The number of hydrogen-bond donors (Lipinski definition) is 2. The number of nitrogens with one attached hydrogen (secondary N) is 1. The molecule has 0 saturated carbocycles. The van der Waals surface area contributed by atoms with Gasteiger partial charge in [-0.15, -0.1) is 0 Å². The van der Waals surface area contributed by atoms with Crippen LogP contribution in [-0.2, 0) is 6.18 Å². The number of aromatic hydroxyl groups is 1. The molecule has 1 heterocycles. The zero-order valence-electron chi connectivity index (χ0n) is 5.81. The molecule has 13 heavy (non-hydrogen) atoms. The smallest absolute Gasteiger partial charge is 0.449 e. The van der Waals surface area contributed by atoms with Crippen LogP contribution in [0.1, 0.15) is 5.82 Å². The van der Waals surface area contributed by atoms with Crippen LogP contribution in [0, 0.1) is 5.82 Å². The fourth-order valence-corrected chi connectivity index (χ4v) is 0.581. The zero-order valence-corrected chi connectivity index (χ0v) is 5.81. The lowest BCUT2D eigenvalue weighted by atomic mass is 10.5. The minimum Gasteiger partial charge on any atom is -0.491 e. The molecule has 0 saturated heterocycles. The summed E-state index contributed by atoms with van der Waals surface area (Å²) in [5, 5.41) is 8.44. The Labute approximate surface area is 67.9 Å². The number of aromatic amines is 1. The SMILES string of the molecule is O=c1[nH]c(C(F)(F)F)nc(O)c1F. The Morgan fingerprint density at radius 1 is 1.38 bits per heavy atom. The first-order valence-electron chi connectivity index (χ1n) is 2.88. The van der Waals surface area contributed by atoms with E-state index in [0.29, 0.717) is 0 Å². The molecule has 1 aromatic heterocycles. The van der Waals surface area contributed by atoms with Gasteiger partial charge in [-0.05, 0) is 0 Å². The third-order valence-electron chi connectivity index (χ3n) is 1.11. The minimum absolute atomic E-state index is 1.13. The lowest BCUT2D eigenvalue weighted by molar-refractivity contribution is -0.145. The molecule has 8 heteroatoms. The van der Waals surface area contributed by atoms with Gasteiger partial charge in [-0.1, -0.05) is 0 Å². The molecule has 4 nitrogen and oxygen atoms in total. The lowest BCUT2D eigenvalue weighted by Crippen LogP contribution is -2.21. The lowest BCUT2D eigenvalue weighted by Gasteiger charge is -2.04. The van der Waals surface area contributed by atoms with Crippen molar-refractivity contribution in [3.63, 3.8) is 0 Å². The van der Waals surface area contributed by atoms with Gasteiger partial charge in [-0.2, -0.15) is 22.5 Å². The summed E-state index contributed by atoms with van der Waals surface area (Å²) < 4.78 is 47.7. The monoisotopic (exact) mass is 198 g/mol. The van der Waals surface area contributed by atoms with Gasteiger partial charge in [-0.3, -0.25) is 4.79 Å². The molecule has 0 atom stereocenters. The highest BCUT2D eigenvalue weighted by atomic mass is 19.4. The predicted octanol–water partition coefficient (Wildman–Crippen LogP) is 0.633. The summed E-state index contributed by atoms with van der Waals surface area (Å²) in [5.41, 5.74) is -1.67. The van der Waals surface area contributed by atoms with E-state index >= 15 is 0 Å². The Bertz CT molecular complexity index is 383. The molecule has 0 radical (unpaired) electrons. The summed E-state index contributed by atoms with van der Waals surface area (Å²) in [4.78, 5) is 13.9. The first-order chi connectivity index (χ1) is 5.82. The van der Waals surface area contributed by atoms with Crippen LogP contribution >= 0.6 is 0 Å². The van der Waals surface area contributed by atoms with E-state index in [-0.39, 0.29) is 0 Å². The Kier molecular flexibility index (Phi) is 1.98. The number of H-pyrrole nitrogens is 1. The van der Waals surface area contributed by atoms with Gasteiger partial charge in [0.05, 0.1) is 0 Å². The normalized spacial score (nSPS) is 11.7. The van der Waals surface area contributed by atoms with Gasteiger partial charge in [0, 0.05) is 0 Å². The van der Waals surface area contributed by atoms with Gasteiger partial charge in [0.25, 0.3) is 11.4 Å². The van der Waals surface area contributed by atoms with Crippen molar-refractivity contribution in [3.8, 4) is 5.88 Å². The summed E-state index contributed by atoms with van der Waals surface area (Å²) in [6.07, 6.45) is -4.93. The van der Waals surface area contributed by atoms with E-state index in [2.05, 4.69) is 4.98 Å². The highest BCUT2D eigenvalue weighted by molar-refractivity contribution is 5.11. The fourth-order valence-electron chi connectivity index (χ4n) is 0.581. The minimum atomic E-state index is -4.93. The Balaban J connectivity index is 3.38. The molecular formula is C5H2F4N2O2. The van der Waals surface area contributed by atoms with Gasteiger partial charge < -0.3 is 10.1 Å². The van der Waals surface area contributed by atoms with Crippen molar-refractivity contribution < 1.29 is 22.7 Å². The summed E-state index contributed by atoms with van der Waals surface area (Å²) in [6, 6.07) is 0. The molecule has 0 spiro atoms. The number of nitrogens with zero attached hydrogens (tertiary/aromatic N) is 1. The predicted molar refractivity (Wildman–Crippen MR) is 31.5 cm³/mol. The second kappa shape index (κ2) is 2.71. The van der Waals surface area contributed by atoms with E-state index in [0.717, 1.165) is 4.98 Å². The molecule has 0 unspecified atom stereocenters. The molecule has 0 aromatic carbocycles. The maximum atomic E-state index is 12.3. The van der Waals surface area contributed by atoms with Crippen molar-refractivity contribution in [2.24, 2.45) is 0 Å². The number of rotatable bonds is 0. The quantitative estimate of drug-likeness (QED) is 0.601. The topological polar surface area (TPSA) is 66.0 Å². The molecular weight excluding hydrogens is 196 g/mol. The maximum Gasteiger partial charge on any atom is 0.449 e. The van der Waals surface area contributed by atoms with Crippen molar-refractivity contribution in [2.45, 2.75) is 6.18 Å². The number of halogens is 4. The van der Waals surface area contributed by atoms with Gasteiger partial charge in [0.15, 0.2) is 0 Å². The molecule has 0 aliphatic carbocycles. The van der Waals surface area contributed by atoms with E-state index < -0.39 is 29.3 Å². The van der Waals surface area contributed by atoms with E-state index in [1.807, 2.05) is 0 Å². The van der Waals surface area contributed by atoms with Crippen molar-refractivity contribution >= 4 is 0 Å². The second-order valence-corrected chi connectivity index (χ2v) is 2.05. The van der Waals surface area contributed by atoms with E-state index in [1.165, 1.54) is 0 Å². The summed E-state index contributed by atoms with van der Waals surface area (Å²) >= 11 is 0. The molecule has 2 N–H and O–H groups in total. The molecule has 0 aliphatic heterocycles. The van der Waals surface area contributed by atoms with Crippen molar-refractivity contribution in [3.05, 3.63) is 22.0 Å². The van der Waals surface area contributed by atoms with Crippen LogP contribution in [-0.4, -0.2) is 15.1 Å². The zero-order chi connectivity index (χ0) is 10.2. The highest BCUT2D eigenvalue weighted by Crippen LogP contribution is 2.26. The molecule has 0 fully saturated rings. The molecule has 0 bridgehead atoms. The molecule has 1 rings (SSSR count). The van der Waals surface area contributed by atoms with Crippen molar-refractivity contribution in [1.82, 2.24) is 9.97 Å². The number of alkyl halides is 3. The van der Waals surface area contributed by atoms with E-state index in [1.54, 1.807) is 0 Å². The third-order valence-corrected chi connectivity index (χ3v) is 1.11. The Morgan fingerprint density at radius 3 is 2.31 bits per heavy atom. The largest absolute Gasteiger partial charge is 0.491 e. The van der Waals surface area contributed by atoms with Crippen LogP contribution in [0.15, 0.2) is 4.79 Å². The molecule has 1 aromatic rings. The van der Waals surface area contributed by atoms with Gasteiger partial charge in [0.1, 0.15) is 0 Å². The average molecular weight is 198 g/mol. The average Bonchev–Trinajstić information content (AvgIpc) is 1.97. The van der Waals surface area contributed by atoms with Crippen LogP contribution in [0.2, 0.25) is 0 Å². The van der Waals surface area contributed by atoms with Gasteiger partial charge in [-0.25, -0.2) is 0 Å². The summed E-state index contributed by atoms with van der Waals surface area (Å²) in [6.45, 7) is 0. The molecule has 0 aliphatic rings. The number of aromatic nitrogens is 2. The van der Waals surface area contributed by atoms with Crippen LogP contribution < -0.4 is 5.56 Å². The van der Waals surface area contributed by atoms with Crippen LogP contribution in [0.5, 0.6) is 5.88 Å². The van der Waals surface area contributed by atoms with Crippen LogP contribution in [0.25, 0.3) is 0 Å². The second-order valence-electron chi connectivity index (χ2n) is 2.05. The fraction of sp³-hybridized carbons (Fsp3) is 0.200. The Morgan fingerprint density at radius 2 is 1.92 bits per heavy atom. The number of hydrogen-bond acceptors (Lipinski definition) is 3. The van der Waals surface area contributed by atoms with Crippen LogP contribution in [0.3, 0.4) is 0 Å². The molecule has 0 amide bonds. The first-order valence-corrected chi connectivity index (χ1v) is 2.88. The highest BCUT2D eigenvalue weighted by Gasteiger charge is 2.35. The first kappa shape index (κ1) is 9.49. The van der Waals surface area contributed by atoms with Crippen LogP contribution in [0.4, 0.5) is 17.6 Å². The summed E-state index contributed by atoms with van der Waals surface area (Å²) in [5.74, 6) is -5.06. The van der Waals surface area contributed by atoms with E-state index in [9.17, 15) is 22.4 Å². The molecule has 72 valence electrons. The van der Waals surface area contributed by atoms with E-state index in [4.69, 9.17) is 5.11 Å². The van der Waals surface area contributed by atoms with Crippen molar-refractivity contribution in [2.75, 3.05) is 0 Å². The van der Waals surface area contributed by atoms with Gasteiger partial charge in [0.2, 0.25) is 11.6 Å². The standard InChI is InChI=1S/C5H2F4N2O2/c6-1-2(12)10-4(5(7,8)9)11-3(1)13/h(H2,10,11,12,13). The van der Waals surface area contributed by atoms with Gasteiger partial charge >= 0.3 is 6.18 Å².